The van der Waals surface area contributed by atoms with Gasteiger partial charge in [-0.3, -0.25) is 19.7 Å². The van der Waals surface area contributed by atoms with Crippen molar-refractivity contribution in [3.05, 3.63) is 71.8 Å². The molecule has 1 fully saturated rings. The Morgan fingerprint density at radius 3 is 2.65 bits per heavy atom. The standard InChI is InChI=1S/C24H27FN4O2/c1-17(2)29-14-21(31-16-18-6-8-20(25)9-7-18)13-28(15-23(29)30)12-19-4-3-5-22-24(19)27-11-10-26-22/h3-11,17,21H,12-16H2,1-2H3. The van der Waals surface area contributed by atoms with Crippen LogP contribution in [-0.4, -0.2) is 57.5 Å². The fourth-order valence-electron chi connectivity index (χ4n) is 3.95. The van der Waals surface area contributed by atoms with Gasteiger partial charge >= 0.3 is 0 Å². The summed E-state index contributed by atoms with van der Waals surface area (Å²) in [4.78, 5) is 25.8. The first-order valence-corrected chi connectivity index (χ1v) is 10.6. The molecular weight excluding hydrogens is 395 g/mol. The highest BCUT2D eigenvalue weighted by Crippen LogP contribution is 2.19. The van der Waals surface area contributed by atoms with Crippen LogP contribution in [0.25, 0.3) is 11.0 Å². The minimum Gasteiger partial charge on any atom is -0.370 e. The highest BCUT2D eigenvalue weighted by atomic mass is 19.1. The van der Waals surface area contributed by atoms with Crippen LogP contribution >= 0.6 is 0 Å². The van der Waals surface area contributed by atoms with E-state index in [9.17, 15) is 9.18 Å². The Kier molecular flexibility index (Phi) is 6.53. The summed E-state index contributed by atoms with van der Waals surface area (Å²) in [6.45, 7) is 6.47. The molecule has 6 nitrogen and oxygen atoms in total. The molecule has 1 aromatic heterocycles. The number of hydrogen-bond donors (Lipinski definition) is 0. The Labute approximate surface area is 181 Å². The number of aromatic nitrogens is 2. The van der Waals surface area contributed by atoms with Crippen molar-refractivity contribution in [2.45, 2.75) is 39.1 Å². The normalized spacial score (nSPS) is 18.0. The SMILES string of the molecule is CC(C)N1CC(OCc2ccc(F)cc2)CN(Cc2cccc3nccnc23)CC1=O. The minimum atomic E-state index is -0.265. The number of benzene rings is 2. The Morgan fingerprint density at radius 2 is 1.87 bits per heavy atom. The summed E-state index contributed by atoms with van der Waals surface area (Å²) in [6.07, 6.45) is 3.22. The lowest BCUT2D eigenvalue weighted by Crippen LogP contribution is -2.42. The molecular formula is C24H27FN4O2. The number of amides is 1. The maximum absolute atomic E-state index is 13.2. The first-order valence-electron chi connectivity index (χ1n) is 10.6. The van der Waals surface area contributed by atoms with Gasteiger partial charge in [-0.2, -0.15) is 0 Å². The smallest absolute Gasteiger partial charge is 0.237 e. The molecule has 0 aliphatic carbocycles. The van der Waals surface area contributed by atoms with Crippen molar-refractivity contribution < 1.29 is 13.9 Å². The predicted octanol–water partition coefficient (Wildman–Crippen LogP) is 3.41. The average Bonchev–Trinajstić information content (AvgIpc) is 2.92. The molecule has 0 saturated carbocycles. The molecule has 1 saturated heterocycles. The van der Waals surface area contributed by atoms with Crippen LogP contribution in [0.3, 0.4) is 0 Å². The molecule has 0 radical (unpaired) electrons. The van der Waals surface area contributed by atoms with Crippen LogP contribution in [0.1, 0.15) is 25.0 Å². The van der Waals surface area contributed by atoms with Crippen molar-refractivity contribution in [1.82, 2.24) is 19.8 Å². The Morgan fingerprint density at radius 1 is 1.10 bits per heavy atom. The van der Waals surface area contributed by atoms with Gasteiger partial charge < -0.3 is 9.64 Å². The number of ether oxygens (including phenoxy) is 1. The van der Waals surface area contributed by atoms with Gasteiger partial charge in [0.1, 0.15) is 5.82 Å². The van der Waals surface area contributed by atoms with Crippen molar-refractivity contribution in [2.75, 3.05) is 19.6 Å². The molecule has 2 aromatic carbocycles. The molecule has 1 amide bonds. The number of hydrogen-bond acceptors (Lipinski definition) is 5. The lowest BCUT2D eigenvalue weighted by molar-refractivity contribution is -0.133. The van der Waals surface area contributed by atoms with Gasteiger partial charge in [0.15, 0.2) is 0 Å². The number of rotatable bonds is 6. The lowest BCUT2D eigenvalue weighted by atomic mass is 10.1. The third-order valence-electron chi connectivity index (χ3n) is 5.54. The van der Waals surface area contributed by atoms with E-state index in [1.54, 1.807) is 24.5 Å². The van der Waals surface area contributed by atoms with Crippen LogP contribution in [0, 0.1) is 5.82 Å². The van der Waals surface area contributed by atoms with Crippen molar-refractivity contribution in [2.24, 2.45) is 0 Å². The number of nitrogens with zero attached hydrogens (tertiary/aromatic N) is 4. The summed E-state index contributed by atoms with van der Waals surface area (Å²) in [5.74, 6) is -0.173. The third-order valence-corrected chi connectivity index (χ3v) is 5.54. The summed E-state index contributed by atoms with van der Waals surface area (Å²) in [7, 11) is 0. The number of halogens is 1. The monoisotopic (exact) mass is 422 g/mol. The summed E-state index contributed by atoms with van der Waals surface area (Å²) >= 11 is 0. The molecule has 3 aromatic rings. The van der Waals surface area contributed by atoms with E-state index < -0.39 is 0 Å². The lowest BCUT2D eigenvalue weighted by Gasteiger charge is -2.27. The largest absolute Gasteiger partial charge is 0.370 e. The van der Waals surface area contributed by atoms with Gasteiger partial charge in [-0.1, -0.05) is 24.3 Å². The predicted molar refractivity (Wildman–Crippen MR) is 117 cm³/mol. The van der Waals surface area contributed by atoms with Crippen LogP contribution in [0.2, 0.25) is 0 Å². The Hall–Kier alpha value is -2.90. The van der Waals surface area contributed by atoms with E-state index >= 15 is 0 Å². The van der Waals surface area contributed by atoms with Crippen LogP contribution in [0.15, 0.2) is 54.9 Å². The molecule has 7 heteroatoms. The van der Waals surface area contributed by atoms with Gasteiger partial charge in [0, 0.05) is 38.1 Å². The van der Waals surface area contributed by atoms with Gasteiger partial charge in [0.05, 0.1) is 30.3 Å². The average molecular weight is 423 g/mol. The molecule has 0 bridgehead atoms. The maximum Gasteiger partial charge on any atom is 0.237 e. The van der Waals surface area contributed by atoms with E-state index in [1.807, 2.05) is 36.9 Å². The molecule has 0 N–H and O–H groups in total. The van der Waals surface area contributed by atoms with E-state index in [-0.39, 0.29) is 23.9 Å². The molecule has 0 spiro atoms. The fraction of sp³-hybridized carbons (Fsp3) is 0.375. The quantitative estimate of drug-likeness (QED) is 0.609. The molecule has 1 unspecified atom stereocenters. The van der Waals surface area contributed by atoms with E-state index in [0.717, 1.165) is 22.2 Å². The summed E-state index contributed by atoms with van der Waals surface area (Å²) in [5.41, 5.74) is 3.64. The fourth-order valence-corrected chi connectivity index (χ4v) is 3.95. The van der Waals surface area contributed by atoms with Gasteiger partial charge in [0.25, 0.3) is 0 Å². The molecule has 31 heavy (non-hydrogen) atoms. The van der Waals surface area contributed by atoms with Crippen LogP contribution < -0.4 is 0 Å². The molecule has 162 valence electrons. The van der Waals surface area contributed by atoms with Crippen LogP contribution in [0.5, 0.6) is 0 Å². The summed E-state index contributed by atoms with van der Waals surface area (Å²) in [5, 5.41) is 0. The zero-order chi connectivity index (χ0) is 21.8. The zero-order valence-corrected chi connectivity index (χ0v) is 17.9. The first kappa shape index (κ1) is 21.3. The van der Waals surface area contributed by atoms with E-state index in [4.69, 9.17) is 4.74 Å². The molecule has 4 rings (SSSR count). The summed E-state index contributed by atoms with van der Waals surface area (Å²) in [6, 6.07) is 12.3. The van der Waals surface area contributed by atoms with Gasteiger partial charge in [-0.15, -0.1) is 0 Å². The van der Waals surface area contributed by atoms with Gasteiger partial charge in [-0.05, 0) is 43.2 Å². The van der Waals surface area contributed by atoms with Crippen molar-refractivity contribution in [3.63, 3.8) is 0 Å². The van der Waals surface area contributed by atoms with Crippen molar-refractivity contribution in [1.29, 1.82) is 0 Å². The van der Waals surface area contributed by atoms with Crippen LogP contribution in [0.4, 0.5) is 4.39 Å². The Balaban J connectivity index is 1.52. The highest BCUT2D eigenvalue weighted by molar-refractivity contribution is 5.79. The van der Waals surface area contributed by atoms with Crippen molar-refractivity contribution >= 4 is 16.9 Å². The third kappa shape index (κ3) is 5.24. The molecule has 1 aliphatic rings. The van der Waals surface area contributed by atoms with Gasteiger partial charge in [0.2, 0.25) is 5.91 Å². The molecule has 1 atom stereocenters. The number of para-hydroxylation sites is 1. The van der Waals surface area contributed by atoms with E-state index in [2.05, 4.69) is 14.9 Å². The van der Waals surface area contributed by atoms with E-state index in [1.165, 1.54) is 12.1 Å². The van der Waals surface area contributed by atoms with Crippen LogP contribution in [-0.2, 0) is 22.7 Å². The second-order valence-electron chi connectivity index (χ2n) is 8.21. The number of fused-ring (bicyclic) bond motifs is 1. The second-order valence-corrected chi connectivity index (χ2v) is 8.21. The first-order chi connectivity index (χ1) is 15.0. The number of carbonyl (C=O) groups is 1. The maximum atomic E-state index is 13.2. The highest BCUT2D eigenvalue weighted by Gasteiger charge is 2.30. The zero-order valence-electron chi connectivity index (χ0n) is 17.9. The molecule has 2 heterocycles. The van der Waals surface area contributed by atoms with Crippen molar-refractivity contribution in [3.8, 4) is 0 Å². The van der Waals surface area contributed by atoms with E-state index in [0.29, 0.717) is 32.8 Å². The number of carbonyl (C=O) groups excluding carboxylic acids is 1. The Bertz CT molecular complexity index is 1040. The summed E-state index contributed by atoms with van der Waals surface area (Å²) < 4.78 is 19.4. The van der Waals surface area contributed by atoms with Gasteiger partial charge in [-0.25, -0.2) is 4.39 Å². The second kappa shape index (κ2) is 9.49. The molecule has 1 aliphatic heterocycles. The minimum absolute atomic E-state index is 0.0905. The topological polar surface area (TPSA) is 58.6 Å².